The summed E-state index contributed by atoms with van der Waals surface area (Å²) < 4.78 is 2.03. The molecule has 2 aromatic heterocycles. The topological polar surface area (TPSA) is 63.1 Å². The molecule has 0 fully saturated rings. The number of para-hydroxylation sites is 2. The van der Waals surface area contributed by atoms with Gasteiger partial charge in [-0.1, -0.05) is 23.5 Å². The van der Waals surface area contributed by atoms with Crippen molar-refractivity contribution in [1.82, 2.24) is 19.4 Å². The number of anilines is 1. The highest BCUT2D eigenvalue weighted by molar-refractivity contribution is 7.17. The second kappa shape index (κ2) is 6.60. The van der Waals surface area contributed by atoms with Crippen LogP contribution in [0, 0.1) is 6.92 Å². The van der Waals surface area contributed by atoms with Gasteiger partial charge in [0.05, 0.1) is 23.3 Å². The molecule has 126 valence electrons. The van der Waals surface area contributed by atoms with Crippen molar-refractivity contribution in [2.45, 2.75) is 20.4 Å². The Hall–Kier alpha value is -2.41. The number of thiazole rings is 1. The Morgan fingerprint density at radius 2 is 2.08 bits per heavy atom. The molecule has 0 unspecified atom stereocenters. The zero-order chi connectivity index (χ0) is 17.3. The average molecular weight is 343 g/mol. The van der Waals surface area contributed by atoms with Gasteiger partial charge in [0, 0.05) is 20.6 Å². The van der Waals surface area contributed by atoms with Crippen LogP contribution in [0.15, 0.2) is 24.3 Å². The Bertz CT molecular complexity index is 882. The van der Waals surface area contributed by atoms with E-state index in [9.17, 15) is 4.79 Å². The molecule has 0 spiro atoms. The van der Waals surface area contributed by atoms with E-state index in [-0.39, 0.29) is 5.91 Å². The van der Waals surface area contributed by atoms with Gasteiger partial charge in [-0.3, -0.25) is 4.79 Å². The summed E-state index contributed by atoms with van der Waals surface area (Å²) in [4.78, 5) is 24.1. The van der Waals surface area contributed by atoms with Gasteiger partial charge in [-0.2, -0.15) is 0 Å². The normalized spacial score (nSPS) is 11.0. The number of carbonyl (C=O) groups excluding carboxylic acids is 1. The fourth-order valence-electron chi connectivity index (χ4n) is 2.62. The number of hydrogen-bond acceptors (Lipinski definition) is 5. The van der Waals surface area contributed by atoms with Crippen LogP contribution in [0.3, 0.4) is 0 Å². The maximum Gasteiger partial charge on any atom is 0.266 e. The molecule has 0 bridgehead atoms. The molecule has 0 radical (unpaired) electrons. The molecule has 0 atom stereocenters. The van der Waals surface area contributed by atoms with E-state index in [1.54, 1.807) is 11.9 Å². The van der Waals surface area contributed by atoms with Crippen molar-refractivity contribution in [3.8, 4) is 0 Å². The summed E-state index contributed by atoms with van der Waals surface area (Å²) in [7, 11) is 3.78. The lowest BCUT2D eigenvalue weighted by Gasteiger charge is -2.16. The molecular formula is C17H21N5OS. The van der Waals surface area contributed by atoms with Crippen molar-refractivity contribution in [3.63, 3.8) is 0 Å². The highest BCUT2D eigenvalue weighted by atomic mass is 32.1. The van der Waals surface area contributed by atoms with Crippen LogP contribution in [-0.2, 0) is 13.6 Å². The number of imidazole rings is 1. The lowest BCUT2D eigenvalue weighted by atomic mass is 10.3. The van der Waals surface area contributed by atoms with E-state index < -0.39 is 0 Å². The van der Waals surface area contributed by atoms with Gasteiger partial charge >= 0.3 is 0 Å². The van der Waals surface area contributed by atoms with Crippen LogP contribution in [0.5, 0.6) is 0 Å². The third-order valence-electron chi connectivity index (χ3n) is 3.92. The number of benzene rings is 1. The molecule has 0 saturated heterocycles. The molecule has 24 heavy (non-hydrogen) atoms. The van der Waals surface area contributed by atoms with Crippen LogP contribution in [0.25, 0.3) is 11.0 Å². The number of rotatable bonds is 5. The minimum absolute atomic E-state index is 0.0267. The molecule has 7 heteroatoms. The molecule has 1 aromatic carbocycles. The number of nitrogens with zero attached hydrogens (tertiary/aromatic N) is 4. The molecular weight excluding hydrogens is 322 g/mol. The molecule has 3 rings (SSSR count). The second-order valence-corrected chi connectivity index (χ2v) is 6.70. The first kappa shape index (κ1) is 16.4. The summed E-state index contributed by atoms with van der Waals surface area (Å²) in [5, 5.41) is 3.95. The van der Waals surface area contributed by atoms with Gasteiger partial charge in [0.25, 0.3) is 5.91 Å². The monoisotopic (exact) mass is 343 g/mol. The predicted molar refractivity (Wildman–Crippen MR) is 97.5 cm³/mol. The first-order chi connectivity index (χ1) is 11.5. The lowest BCUT2D eigenvalue weighted by Crippen LogP contribution is -2.27. The molecule has 0 aliphatic carbocycles. The van der Waals surface area contributed by atoms with E-state index in [1.807, 2.05) is 49.7 Å². The molecule has 2 heterocycles. The van der Waals surface area contributed by atoms with E-state index in [4.69, 9.17) is 0 Å². The van der Waals surface area contributed by atoms with E-state index in [1.165, 1.54) is 11.3 Å². The van der Waals surface area contributed by atoms with Crippen molar-refractivity contribution in [1.29, 1.82) is 0 Å². The van der Waals surface area contributed by atoms with Crippen LogP contribution in [0.2, 0.25) is 0 Å². The minimum atomic E-state index is -0.0267. The smallest absolute Gasteiger partial charge is 0.266 e. The maximum atomic E-state index is 12.7. The molecule has 3 aromatic rings. The highest BCUT2D eigenvalue weighted by Crippen LogP contribution is 2.24. The van der Waals surface area contributed by atoms with Crippen LogP contribution >= 0.6 is 11.3 Å². The van der Waals surface area contributed by atoms with Gasteiger partial charge in [0.2, 0.25) is 0 Å². The Balaban J connectivity index is 1.82. The third-order valence-corrected chi connectivity index (χ3v) is 5.03. The van der Waals surface area contributed by atoms with Gasteiger partial charge in [-0.15, -0.1) is 0 Å². The maximum absolute atomic E-state index is 12.7. The molecule has 1 N–H and O–H groups in total. The van der Waals surface area contributed by atoms with Crippen LogP contribution in [-0.4, -0.2) is 38.9 Å². The SMILES string of the molecule is CCNc1nc(C)c(C(=O)N(C)Cc2nc3ccccc3n2C)s1. The molecule has 0 aliphatic rings. The lowest BCUT2D eigenvalue weighted by molar-refractivity contribution is 0.0784. The second-order valence-electron chi connectivity index (χ2n) is 5.70. The number of fused-ring (bicyclic) bond motifs is 1. The van der Waals surface area contributed by atoms with Crippen molar-refractivity contribution in [2.75, 3.05) is 18.9 Å². The van der Waals surface area contributed by atoms with Gasteiger partial charge in [-0.05, 0) is 26.0 Å². The fourth-order valence-corrected chi connectivity index (χ4v) is 3.64. The molecule has 1 amide bonds. The van der Waals surface area contributed by atoms with Crippen LogP contribution in [0.1, 0.15) is 28.1 Å². The van der Waals surface area contributed by atoms with Gasteiger partial charge in [0.1, 0.15) is 10.7 Å². The number of hydrogen-bond donors (Lipinski definition) is 1. The van der Waals surface area contributed by atoms with Crippen molar-refractivity contribution in [2.24, 2.45) is 7.05 Å². The molecule has 0 aliphatic heterocycles. The molecule has 0 saturated carbocycles. The summed E-state index contributed by atoms with van der Waals surface area (Å²) in [6.07, 6.45) is 0. The van der Waals surface area contributed by atoms with Crippen molar-refractivity contribution < 1.29 is 4.79 Å². The van der Waals surface area contributed by atoms with Crippen molar-refractivity contribution in [3.05, 3.63) is 40.7 Å². The number of carbonyl (C=O) groups is 1. The summed E-state index contributed by atoms with van der Waals surface area (Å²) in [6, 6.07) is 7.98. The van der Waals surface area contributed by atoms with Gasteiger partial charge in [-0.25, -0.2) is 9.97 Å². The zero-order valence-electron chi connectivity index (χ0n) is 14.3. The Labute approximate surface area is 145 Å². The van der Waals surface area contributed by atoms with E-state index >= 15 is 0 Å². The first-order valence-corrected chi connectivity index (χ1v) is 8.70. The minimum Gasteiger partial charge on any atom is -0.362 e. The predicted octanol–water partition coefficient (Wildman–Crippen LogP) is 3.04. The van der Waals surface area contributed by atoms with E-state index in [0.717, 1.165) is 34.2 Å². The standard InChI is InChI=1S/C17H21N5OS/c1-5-18-17-19-11(2)15(24-17)16(23)21(3)10-14-20-12-8-6-7-9-13(12)22(14)4/h6-9H,5,10H2,1-4H3,(H,18,19). The van der Waals surface area contributed by atoms with Crippen LogP contribution in [0.4, 0.5) is 5.13 Å². The molecule has 6 nitrogen and oxygen atoms in total. The number of aryl methyl sites for hydroxylation is 2. The summed E-state index contributed by atoms with van der Waals surface area (Å²) in [5.41, 5.74) is 2.77. The highest BCUT2D eigenvalue weighted by Gasteiger charge is 2.20. The van der Waals surface area contributed by atoms with Crippen molar-refractivity contribution >= 4 is 33.4 Å². The average Bonchev–Trinajstić information content (AvgIpc) is 3.08. The largest absolute Gasteiger partial charge is 0.362 e. The number of amides is 1. The Morgan fingerprint density at radius 1 is 1.33 bits per heavy atom. The van der Waals surface area contributed by atoms with Crippen LogP contribution < -0.4 is 5.32 Å². The third kappa shape index (κ3) is 2.99. The van der Waals surface area contributed by atoms with E-state index in [0.29, 0.717) is 11.4 Å². The van der Waals surface area contributed by atoms with Gasteiger partial charge in [0.15, 0.2) is 5.13 Å². The fraction of sp³-hybridized carbons (Fsp3) is 0.353. The van der Waals surface area contributed by atoms with Gasteiger partial charge < -0.3 is 14.8 Å². The Kier molecular flexibility index (Phi) is 4.53. The summed E-state index contributed by atoms with van der Waals surface area (Å²) in [5.74, 6) is 0.835. The zero-order valence-corrected chi connectivity index (χ0v) is 15.1. The Morgan fingerprint density at radius 3 is 2.79 bits per heavy atom. The number of aromatic nitrogens is 3. The summed E-state index contributed by atoms with van der Waals surface area (Å²) >= 11 is 1.40. The summed E-state index contributed by atoms with van der Waals surface area (Å²) in [6.45, 7) is 5.12. The number of nitrogens with one attached hydrogen (secondary N) is 1. The quantitative estimate of drug-likeness (QED) is 0.773. The first-order valence-electron chi connectivity index (χ1n) is 7.88. The van der Waals surface area contributed by atoms with E-state index in [2.05, 4.69) is 15.3 Å².